The van der Waals surface area contributed by atoms with Crippen LogP contribution in [0.3, 0.4) is 0 Å². The van der Waals surface area contributed by atoms with Gasteiger partial charge in [0.2, 0.25) is 5.95 Å². The second kappa shape index (κ2) is 8.43. The number of fused-ring (bicyclic) bond motifs is 1. The largest absolute Gasteiger partial charge is 0.378 e. The number of halogens is 2. The quantitative estimate of drug-likeness (QED) is 0.447. The Bertz CT molecular complexity index is 1160. The van der Waals surface area contributed by atoms with Gasteiger partial charge in [0.1, 0.15) is 17.3 Å². The molecule has 0 saturated carbocycles. The predicted molar refractivity (Wildman–Crippen MR) is 126 cm³/mol. The first-order valence-corrected chi connectivity index (χ1v) is 11.0. The normalized spacial score (nSPS) is 17.5. The SMILES string of the molecule is CC(C)N1c2cc(-c3nc(Nc4ccc(NC5CNC5)cn4)ncc3F)cc(F)c2NC1C. The summed E-state index contributed by atoms with van der Waals surface area (Å²) in [5.74, 6) is -0.377. The van der Waals surface area contributed by atoms with Gasteiger partial charge in [-0.1, -0.05) is 0 Å². The van der Waals surface area contributed by atoms with Crippen molar-refractivity contribution in [2.45, 2.75) is 39.0 Å². The molecule has 2 aromatic heterocycles. The van der Waals surface area contributed by atoms with Crippen LogP contribution in [0, 0.1) is 11.6 Å². The van der Waals surface area contributed by atoms with E-state index < -0.39 is 11.6 Å². The Morgan fingerprint density at radius 2 is 1.91 bits per heavy atom. The molecule has 5 rings (SSSR count). The number of nitrogens with zero attached hydrogens (tertiary/aromatic N) is 4. The standard InChI is InChI=1S/C23H26F2N8/c1-12(2)33-13(3)29-22-17(24)6-14(7-19(22)33)21-18(25)11-28-23(32-21)31-20-5-4-15(10-27-20)30-16-8-26-9-16/h4-7,10-13,16,26,29-30H,8-9H2,1-3H3,(H,27,28,31,32). The molecule has 3 aromatic rings. The third-order valence-electron chi connectivity index (χ3n) is 5.85. The highest BCUT2D eigenvalue weighted by Crippen LogP contribution is 2.41. The predicted octanol–water partition coefficient (Wildman–Crippen LogP) is 3.93. The van der Waals surface area contributed by atoms with Crippen LogP contribution in [-0.4, -0.2) is 46.3 Å². The number of pyridine rings is 1. The molecule has 2 aliphatic heterocycles. The first kappa shape index (κ1) is 21.3. The summed E-state index contributed by atoms with van der Waals surface area (Å²) < 4.78 is 29.6. The lowest BCUT2D eigenvalue weighted by atomic mass is 10.1. The fraction of sp³-hybridized carbons (Fsp3) is 0.348. The van der Waals surface area contributed by atoms with E-state index in [1.807, 2.05) is 26.8 Å². The summed E-state index contributed by atoms with van der Waals surface area (Å²) in [6.45, 7) is 7.88. The van der Waals surface area contributed by atoms with Gasteiger partial charge in [-0.2, -0.15) is 0 Å². The first-order chi connectivity index (χ1) is 15.9. The topological polar surface area (TPSA) is 90.0 Å². The van der Waals surface area contributed by atoms with Crippen molar-refractivity contribution in [1.29, 1.82) is 0 Å². The van der Waals surface area contributed by atoms with Crippen molar-refractivity contribution in [3.8, 4) is 11.3 Å². The van der Waals surface area contributed by atoms with Crippen molar-refractivity contribution >= 4 is 28.8 Å². The van der Waals surface area contributed by atoms with Gasteiger partial charge in [0.05, 0.1) is 41.7 Å². The van der Waals surface area contributed by atoms with Crippen molar-refractivity contribution in [1.82, 2.24) is 20.3 Å². The summed E-state index contributed by atoms with van der Waals surface area (Å²) in [6, 6.07) is 7.31. The third-order valence-corrected chi connectivity index (χ3v) is 5.85. The molecule has 0 spiro atoms. The Kier molecular flexibility index (Phi) is 5.45. The Labute approximate surface area is 190 Å². The van der Waals surface area contributed by atoms with Crippen LogP contribution >= 0.6 is 0 Å². The molecule has 2 aliphatic rings. The van der Waals surface area contributed by atoms with Crippen LogP contribution in [0.2, 0.25) is 0 Å². The second-order valence-corrected chi connectivity index (χ2v) is 8.62. The first-order valence-electron chi connectivity index (χ1n) is 11.0. The zero-order valence-electron chi connectivity index (χ0n) is 18.7. The van der Waals surface area contributed by atoms with Gasteiger partial charge in [-0.05, 0) is 45.0 Å². The molecule has 1 aromatic carbocycles. The minimum absolute atomic E-state index is 0.0215. The summed E-state index contributed by atoms with van der Waals surface area (Å²) in [5, 5.41) is 12.7. The van der Waals surface area contributed by atoms with E-state index in [0.29, 0.717) is 28.8 Å². The molecule has 4 heterocycles. The summed E-state index contributed by atoms with van der Waals surface area (Å²) in [4.78, 5) is 14.8. The molecule has 0 radical (unpaired) electrons. The molecule has 8 nitrogen and oxygen atoms in total. The molecule has 1 unspecified atom stereocenters. The average molecular weight is 453 g/mol. The van der Waals surface area contributed by atoms with E-state index in [-0.39, 0.29) is 23.8 Å². The van der Waals surface area contributed by atoms with Gasteiger partial charge in [-0.25, -0.2) is 23.7 Å². The van der Waals surface area contributed by atoms with E-state index >= 15 is 0 Å². The average Bonchev–Trinajstić information content (AvgIpc) is 3.10. The molecule has 0 amide bonds. The van der Waals surface area contributed by atoms with E-state index in [1.165, 1.54) is 6.07 Å². The van der Waals surface area contributed by atoms with E-state index in [1.54, 1.807) is 18.3 Å². The van der Waals surface area contributed by atoms with Crippen molar-refractivity contribution in [2.24, 2.45) is 0 Å². The molecule has 10 heteroatoms. The highest BCUT2D eigenvalue weighted by atomic mass is 19.1. The molecule has 1 saturated heterocycles. The van der Waals surface area contributed by atoms with Gasteiger partial charge in [0.15, 0.2) is 5.82 Å². The molecule has 172 valence electrons. The highest BCUT2D eigenvalue weighted by molar-refractivity contribution is 5.82. The number of hydrogen-bond acceptors (Lipinski definition) is 8. The van der Waals surface area contributed by atoms with Gasteiger partial charge in [0.25, 0.3) is 0 Å². The lowest BCUT2D eigenvalue weighted by Crippen LogP contribution is -2.51. The Morgan fingerprint density at radius 1 is 1.09 bits per heavy atom. The maximum absolute atomic E-state index is 14.9. The van der Waals surface area contributed by atoms with Crippen LogP contribution in [0.1, 0.15) is 20.8 Å². The zero-order chi connectivity index (χ0) is 23.1. The maximum atomic E-state index is 14.9. The molecular weight excluding hydrogens is 426 g/mol. The minimum Gasteiger partial charge on any atom is -0.378 e. The molecular formula is C23H26F2N8. The lowest BCUT2D eigenvalue weighted by molar-refractivity contribution is 0.472. The van der Waals surface area contributed by atoms with Crippen LogP contribution in [-0.2, 0) is 0 Å². The molecule has 4 N–H and O–H groups in total. The summed E-state index contributed by atoms with van der Waals surface area (Å²) in [6.07, 6.45) is 2.73. The molecule has 33 heavy (non-hydrogen) atoms. The number of anilines is 5. The Morgan fingerprint density at radius 3 is 2.58 bits per heavy atom. The second-order valence-electron chi connectivity index (χ2n) is 8.62. The van der Waals surface area contributed by atoms with E-state index in [2.05, 4.69) is 41.1 Å². The number of rotatable bonds is 6. The van der Waals surface area contributed by atoms with Crippen molar-refractivity contribution in [2.75, 3.05) is 33.9 Å². The van der Waals surface area contributed by atoms with Crippen molar-refractivity contribution in [3.63, 3.8) is 0 Å². The Hall–Kier alpha value is -3.53. The van der Waals surface area contributed by atoms with Crippen LogP contribution in [0.5, 0.6) is 0 Å². The highest BCUT2D eigenvalue weighted by Gasteiger charge is 2.31. The van der Waals surface area contributed by atoms with E-state index in [4.69, 9.17) is 0 Å². The van der Waals surface area contributed by atoms with Crippen LogP contribution in [0.4, 0.5) is 37.6 Å². The molecule has 1 atom stereocenters. The smallest absolute Gasteiger partial charge is 0.229 e. The van der Waals surface area contributed by atoms with Gasteiger partial charge in [0, 0.05) is 24.7 Å². The zero-order valence-corrected chi connectivity index (χ0v) is 18.7. The van der Waals surface area contributed by atoms with Crippen LogP contribution < -0.4 is 26.2 Å². The summed E-state index contributed by atoms with van der Waals surface area (Å²) in [7, 11) is 0. The summed E-state index contributed by atoms with van der Waals surface area (Å²) >= 11 is 0. The number of aromatic nitrogens is 3. The van der Waals surface area contributed by atoms with Gasteiger partial charge in [-0.3, -0.25) is 0 Å². The fourth-order valence-electron chi connectivity index (χ4n) is 4.21. The number of nitrogens with one attached hydrogen (secondary N) is 4. The van der Waals surface area contributed by atoms with Gasteiger partial charge in [-0.15, -0.1) is 0 Å². The van der Waals surface area contributed by atoms with Crippen molar-refractivity contribution < 1.29 is 8.78 Å². The fourth-order valence-corrected chi connectivity index (χ4v) is 4.21. The minimum atomic E-state index is -0.628. The van der Waals surface area contributed by atoms with Crippen LogP contribution in [0.15, 0.2) is 36.7 Å². The number of benzene rings is 1. The molecule has 0 bridgehead atoms. The van der Waals surface area contributed by atoms with Crippen molar-refractivity contribution in [3.05, 3.63) is 48.3 Å². The maximum Gasteiger partial charge on any atom is 0.229 e. The van der Waals surface area contributed by atoms with E-state index in [9.17, 15) is 8.78 Å². The number of hydrogen-bond donors (Lipinski definition) is 4. The third kappa shape index (κ3) is 4.13. The molecule has 0 aliphatic carbocycles. The Balaban J connectivity index is 1.41. The van der Waals surface area contributed by atoms with Gasteiger partial charge >= 0.3 is 0 Å². The summed E-state index contributed by atoms with van der Waals surface area (Å²) in [5.41, 5.74) is 2.39. The van der Waals surface area contributed by atoms with Gasteiger partial charge < -0.3 is 26.2 Å². The molecule has 1 fully saturated rings. The van der Waals surface area contributed by atoms with E-state index in [0.717, 1.165) is 25.0 Å². The lowest BCUT2D eigenvalue weighted by Gasteiger charge is -2.28. The van der Waals surface area contributed by atoms with Crippen LogP contribution in [0.25, 0.3) is 11.3 Å². The monoisotopic (exact) mass is 452 g/mol.